The molecule has 0 fully saturated rings. The fourth-order valence-electron chi connectivity index (χ4n) is 3.72. The van der Waals surface area contributed by atoms with Gasteiger partial charge in [-0.2, -0.15) is 0 Å². The van der Waals surface area contributed by atoms with E-state index in [0.717, 1.165) is 43.7 Å². The lowest BCUT2D eigenvalue weighted by Crippen LogP contribution is -2.24. The Morgan fingerprint density at radius 1 is 0.938 bits per heavy atom. The van der Waals surface area contributed by atoms with Crippen molar-refractivity contribution in [1.82, 2.24) is 5.32 Å². The van der Waals surface area contributed by atoms with Crippen LogP contribution in [-0.2, 0) is 17.8 Å². The van der Waals surface area contributed by atoms with Gasteiger partial charge in [0.15, 0.2) is 0 Å². The SMILES string of the molecule is CCCCC(NCCc1ccc(OCc2ccccc2)cc1)c1cccc(NC(C)=O)c1. The Kier molecular flexibility index (Phi) is 9.33. The number of ether oxygens (including phenoxy) is 1. The molecule has 1 amide bonds. The zero-order chi connectivity index (χ0) is 22.6. The predicted octanol–water partition coefficient (Wildman–Crippen LogP) is 6.29. The van der Waals surface area contributed by atoms with E-state index in [-0.39, 0.29) is 11.9 Å². The largest absolute Gasteiger partial charge is 0.489 e. The average molecular weight is 431 g/mol. The van der Waals surface area contributed by atoms with E-state index in [2.05, 4.69) is 54.0 Å². The molecule has 32 heavy (non-hydrogen) atoms. The van der Waals surface area contributed by atoms with Gasteiger partial charge in [-0.05, 0) is 60.3 Å². The fraction of sp³-hybridized carbons (Fsp3) is 0.321. The zero-order valence-electron chi connectivity index (χ0n) is 19.1. The molecule has 0 heterocycles. The molecule has 4 heteroatoms. The summed E-state index contributed by atoms with van der Waals surface area (Å²) in [5.74, 6) is 0.845. The van der Waals surface area contributed by atoms with Crippen molar-refractivity contribution in [3.8, 4) is 5.75 Å². The van der Waals surface area contributed by atoms with Crippen molar-refractivity contribution in [2.75, 3.05) is 11.9 Å². The van der Waals surface area contributed by atoms with Gasteiger partial charge in [-0.25, -0.2) is 0 Å². The second kappa shape index (κ2) is 12.7. The Balaban J connectivity index is 1.52. The standard InChI is InChI=1S/C28H34N2O2/c1-3-4-13-28(25-11-8-12-26(20-25)30-22(2)31)29-19-18-23-14-16-27(17-15-23)32-21-24-9-6-5-7-10-24/h5-12,14-17,20,28-29H,3-4,13,18-19,21H2,1-2H3,(H,30,31). The monoisotopic (exact) mass is 430 g/mol. The van der Waals surface area contributed by atoms with Gasteiger partial charge in [0.2, 0.25) is 5.91 Å². The third kappa shape index (κ3) is 7.86. The van der Waals surface area contributed by atoms with Crippen molar-refractivity contribution in [3.63, 3.8) is 0 Å². The van der Waals surface area contributed by atoms with Gasteiger partial charge in [0.05, 0.1) is 0 Å². The molecule has 2 N–H and O–H groups in total. The number of hydrogen-bond donors (Lipinski definition) is 2. The van der Waals surface area contributed by atoms with Gasteiger partial charge in [0.25, 0.3) is 0 Å². The molecular weight excluding hydrogens is 396 g/mol. The van der Waals surface area contributed by atoms with E-state index in [4.69, 9.17) is 4.74 Å². The van der Waals surface area contributed by atoms with Crippen LogP contribution in [0.25, 0.3) is 0 Å². The van der Waals surface area contributed by atoms with Crippen LogP contribution in [0.3, 0.4) is 0 Å². The third-order valence-corrected chi connectivity index (χ3v) is 5.43. The minimum Gasteiger partial charge on any atom is -0.489 e. The summed E-state index contributed by atoms with van der Waals surface area (Å²) in [5, 5.41) is 6.60. The minimum absolute atomic E-state index is 0.0450. The van der Waals surface area contributed by atoms with Crippen LogP contribution >= 0.6 is 0 Å². The highest BCUT2D eigenvalue weighted by Gasteiger charge is 2.11. The van der Waals surface area contributed by atoms with Gasteiger partial charge in [-0.1, -0.05) is 74.4 Å². The summed E-state index contributed by atoms with van der Waals surface area (Å²) in [5.41, 5.74) is 4.52. The number of amides is 1. The van der Waals surface area contributed by atoms with E-state index < -0.39 is 0 Å². The molecule has 0 aliphatic heterocycles. The smallest absolute Gasteiger partial charge is 0.221 e. The first-order valence-corrected chi connectivity index (χ1v) is 11.5. The number of carbonyl (C=O) groups is 1. The Bertz CT molecular complexity index is 955. The maximum Gasteiger partial charge on any atom is 0.221 e. The van der Waals surface area contributed by atoms with Gasteiger partial charge in [0.1, 0.15) is 12.4 Å². The quantitative estimate of drug-likeness (QED) is 0.355. The first-order valence-electron chi connectivity index (χ1n) is 11.5. The number of hydrogen-bond acceptors (Lipinski definition) is 3. The molecule has 0 aromatic heterocycles. The van der Waals surface area contributed by atoms with Crippen molar-refractivity contribution >= 4 is 11.6 Å². The Morgan fingerprint density at radius 2 is 1.72 bits per heavy atom. The van der Waals surface area contributed by atoms with E-state index in [9.17, 15) is 4.79 Å². The van der Waals surface area contributed by atoms with Gasteiger partial charge in [-0.15, -0.1) is 0 Å². The summed E-state index contributed by atoms with van der Waals surface area (Å²) >= 11 is 0. The summed E-state index contributed by atoms with van der Waals surface area (Å²) < 4.78 is 5.88. The van der Waals surface area contributed by atoms with Crippen molar-refractivity contribution < 1.29 is 9.53 Å². The van der Waals surface area contributed by atoms with Crippen molar-refractivity contribution in [2.45, 2.75) is 52.2 Å². The third-order valence-electron chi connectivity index (χ3n) is 5.43. The number of anilines is 1. The topological polar surface area (TPSA) is 50.4 Å². The molecule has 0 radical (unpaired) electrons. The van der Waals surface area contributed by atoms with Crippen LogP contribution in [0.1, 0.15) is 55.8 Å². The van der Waals surface area contributed by atoms with Crippen LogP contribution < -0.4 is 15.4 Å². The van der Waals surface area contributed by atoms with Crippen molar-refractivity contribution in [2.24, 2.45) is 0 Å². The van der Waals surface area contributed by atoms with Crippen LogP contribution in [0.15, 0.2) is 78.9 Å². The van der Waals surface area contributed by atoms with E-state index in [1.807, 2.05) is 42.5 Å². The number of carbonyl (C=O) groups excluding carboxylic acids is 1. The summed E-state index contributed by atoms with van der Waals surface area (Å²) in [6, 6.07) is 27.0. The van der Waals surface area contributed by atoms with E-state index in [1.165, 1.54) is 23.6 Å². The lowest BCUT2D eigenvalue weighted by Gasteiger charge is -2.20. The van der Waals surface area contributed by atoms with Crippen LogP contribution in [-0.4, -0.2) is 12.5 Å². The molecule has 0 spiro atoms. The second-order valence-corrected chi connectivity index (χ2v) is 8.12. The number of nitrogens with one attached hydrogen (secondary N) is 2. The molecule has 0 aliphatic rings. The van der Waals surface area contributed by atoms with Crippen LogP contribution in [0, 0.1) is 0 Å². The number of unbranched alkanes of at least 4 members (excludes halogenated alkanes) is 1. The molecular formula is C28H34N2O2. The molecule has 3 rings (SSSR count). The molecule has 4 nitrogen and oxygen atoms in total. The average Bonchev–Trinajstić information content (AvgIpc) is 2.81. The highest BCUT2D eigenvalue weighted by atomic mass is 16.5. The van der Waals surface area contributed by atoms with Gasteiger partial charge < -0.3 is 15.4 Å². The lowest BCUT2D eigenvalue weighted by atomic mass is 10.00. The molecule has 168 valence electrons. The Labute approximate surface area is 192 Å². The van der Waals surface area contributed by atoms with Crippen molar-refractivity contribution in [1.29, 1.82) is 0 Å². The van der Waals surface area contributed by atoms with Crippen LogP contribution in [0.5, 0.6) is 5.75 Å². The maximum absolute atomic E-state index is 11.4. The van der Waals surface area contributed by atoms with Crippen molar-refractivity contribution in [3.05, 3.63) is 95.6 Å². The molecule has 1 atom stereocenters. The molecule has 1 unspecified atom stereocenters. The van der Waals surface area contributed by atoms with Crippen LogP contribution in [0.4, 0.5) is 5.69 Å². The molecule has 0 saturated carbocycles. The van der Waals surface area contributed by atoms with Gasteiger partial charge in [0, 0.05) is 18.7 Å². The maximum atomic E-state index is 11.4. The Hall–Kier alpha value is -3.11. The number of rotatable bonds is 12. The van der Waals surface area contributed by atoms with Gasteiger partial charge >= 0.3 is 0 Å². The minimum atomic E-state index is -0.0450. The van der Waals surface area contributed by atoms with E-state index >= 15 is 0 Å². The summed E-state index contributed by atoms with van der Waals surface area (Å²) in [6.07, 6.45) is 4.35. The summed E-state index contributed by atoms with van der Waals surface area (Å²) in [6.45, 7) is 5.23. The zero-order valence-corrected chi connectivity index (χ0v) is 19.1. The fourth-order valence-corrected chi connectivity index (χ4v) is 3.72. The van der Waals surface area contributed by atoms with Crippen LogP contribution in [0.2, 0.25) is 0 Å². The summed E-state index contributed by atoms with van der Waals surface area (Å²) in [4.78, 5) is 11.4. The molecule has 0 saturated heterocycles. The molecule has 3 aromatic rings. The highest BCUT2D eigenvalue weighted by molar-refractivity contribution is 5.88. The second-order valence-electron chi connectivity index (χ2n) is 8.12. The molecule has 0 bridgehead atoms. The molecule has 0 aliphatic carbocycles. The van der Waals surface area contributed by atoms with Gasteiger partial charge in [-0.3, -0.25) is 4.79 Å². The lowest BCUT2D eigenvalue weighted by molar-refractivity contribution is -0.114. The Morgan fingerprint density at radius 3 is 2.44 bits per heavy atom. The normalized spacial score (nSPS) is 11.7. The summed E-state index contributed by atoms with van der Waals surface area (Å²) in [7, 11) is 0. The predicted molar refractivity (Wildman–Crippen MR) is 132 cm³/mol. The molecule has 3 aromatic carbocycles. The highest BCUT2D eigenvalue weighted by Crippen LogP contribution is 2.23. The number of benzene rings is 3. The first-order chi connectivity index (χ1) is 15.6. The van der Waals surface area contributed by atoms with E-state index in [0.29, 0.717) is 6.61 Å². The first kappa shape index (κ1) is 23.6. The van der Waals surface area contributed by atoms with E-state index in [1.54, 1.807) is 0 Å².